The number of nitrogens with one attached hydrogen (secondary N) is 1. The molecule has 0 amide bonds. The van der Waals surface area contributed by atoms with Crippen molar-refractivity contribution in [3.05, 3.63) is 11.8 Å². The van der Waals surface area contributed by atoms with Crippen LogP contribution < -0.4 is 11.1 Å². The number of hydrogen-bond acceptors (Lipinski definition) is 4. The number of rotatable bonds is 2. The van der Waals surface area contributed by atoms with Crippen LogP contribution in [0.4, 0.5) is 24.9 Å². The van der Waals surface area contributed by atoms with Gasteiger partial charge in [0.2, 0.25) is 5.95 Å². The highest BCUT2D eigenvalue weighted by Crippen LogP contribution is 2.30. The summed E-state index contributed by atoms with van der Waals surface area (Å²) >= 11 is 0. The summed E-state index contributed by atoms with van der Waals surface area (Å²) in [6, 6.07) is 1.08. The zero-order valence-electron chi connectivity index (χ0n) is 11.2. The lowest BCUT2D eigenvalue weighted by atomic mass is 9.97. The summed E-state index contributed by atoms with van der Waals surface area (Å²) in [6.45, 7) is 0. The zero-order valence-corrected chi connectivity index (χ0v) is 11.2. The minimum absolute atomic E-state index is 0.158. The number of halogens is 3. The Morgan fingerprint density at radius 1 is 1.05 bits per heavy atom. The van der Waals surface area contributed by atoms with Gasteiger partial charge < -0.3 is 11.1 Å². The molecule has 1 aliphatic carbocycles. The van der Waals surface area contributed by atoms with Crippen LogP contribution in [0.5, 0.6) is 0 Å². The zero-order chi connectivity index (χ0) is 14.6. The molecule has 0 radical (unpaired) electrons. The van der Waals surface area contributed by atoms with E-state index in [1.54, 1.807) is 0 Å². The van der Waals surface area contributed by atoms with Crippen molar-refractivity contribution in [2.24, 2.45) is 0 Å². The molecule has 1 aromatic heterocycles. The van der Waals surface area contributed by atoms with Gasteiger partial charge in [-0.1, -0.05) is 32.1 Å². The second-order valence-corrected chi connectivity index (χ2v) is 5.18. The Morgan fingerprint density at radius 2 is 1.65 bits per heavy atom. The summed E-state index contributed by atoms with van der Waals surface area (Å²) in [5.41, 5.74) is 4.35. The molecule has 1 fully saturated rings. The minimum Gasteiger partial charge on any atom is -0.368 e. The third-order valence-electron chi connectivity index (χ3n) is 3.49. The average Bonchev–Trinajstić information content (AvgIpc) is 2.30. The maximum absolute atomic E-state index is 12.7. The van der Waals surface area contributed by atoms with Crippen LogP contribution in [0.2, 0.25) is 0 Å². The number of aromatic nitrogens is 2. The fraction of sp³-hybridized carbons (Fsp3) is 0.692. The van der Waals surface area contributed by atoms with Crippen LogP contribution in [0.15, 0.2) is 6.07 Å². The predicted octanol–water partition coefficient (Wildman–Crippen LogP) is 3.60. The SMILES string of the molecule is Nc1nc(NC2CCCCCCC2)cc(C(F)(F)F)n1. The Labute approximate surface area is 116 Å². The monoisotopic (exact) mass is 288 g/mol. The first-order valence-corrected chi connectivity index (χ1v) is 6.93. The van der Waals surface area contributed by atoms with Crippen molar-refractivity contribution in [3.8, 4) is 0 Å². The van der Waals surface area contributed by atoms with Crippen LogP contribution in [0.25, 0.3) is 0 Å². The summed E-state index contributed by atoms with van der Waals surface area (Å²) in [4.78, 5) is 7.08. The van der Waals surface area contributed by atoms with Crippen LogP contribution in [-0.2, 0) is 6.18 Å². The van der Waals surface area contributed by atoms with E-state index in [-0.39, 0.29) is 17.8 Å². The number of nitrogen functional groups attached to an aromatic ring is 1. The summed E-state index contributed by atoms with van der Waals surface area (Å²) < 4.78 is 38.0. The average molecular weight is 288 g/mol. The van der Waals surface area contributed by atoms with E-state index in [0.717, 1.165) is 31.7 Å². The van der Waals surface area contributed by atoms with Crippen molar-refractivity contribution in [2.45, 2.75) is 57.2 Å². The topological polar surface area (TPSA) is 63.8 Å². The smallest absolute Gasteiger partial charge is 0.368 e. The van der Waals surface area contributed by atoms with E-state index in [0.29, 0.717) is 0 Å². The van der Waals surface area contributed by atoms with Gasteiger partial charge in [-0.2, -0.15) is 18.2 Å². The molecule has 20 heavy (non-hydrogen) atoms. The summed E-state index contributed by atoms with van der Waals surface area (Å²) in [7, 11) is 0. The van der Waals surface area contributed by atoms with Gasteiger partial charge in [-0.05, 0) is 12.8 Å². The highest BCUT2D eigenvalue weighted by molar-refractivity contribution is 5.42. The van der Waals surface area contributed by atoms with Crippen molar-refractivity contribution in [2.75, 3.05) is 11.1 Å². The third-order valence-corrected chi connectivity index (χ3v) is 3.49. The van der Waals surface area contributed by atoms with Gasteiger partial charge in [-0.15, -0.1) is 0 Å². The first-order valence-electron chi connectivity index (χ1n) is 6.93. The molecule has 7 heteroatoms. The van der Waals surface area contributed by atoms with E-state index >= 15 is 0 Å². The van der Waals surface area contributed by atoms with Crippen molar-refractivity contribution in [1.82, 2.24) is 9.97 Å². The maximum atomic E-state index is 12.7. The maximum Gasteiger partial charge on any atom is 0.433 e. The van der Waals surface area contributed by atoms with E-state index in [1.165, 1.54) is 19.3 Å². The molecule has 1 heterocycles. The lowest BCUT2D eigenvalue weighted by Gasteiger charge is -2.22. The third kappa shape index (κ3) is 4.25. The van der Waals surface area contributed by atoms with E-state index in [1.807, 2.05) is 0 Å². The number of anilines is 2. The first-order chi connectivity index (χ1) is 9.45. The van der Waals surface area contributed by atoms with Crippen LogP contribution in [0.3, 0.4) is 0 Å². The Balaban J connectivity index is 2.09. The molecule has 0 aromatic carbocycles. The number of nitrogens with zero attached hydrogens (tertiary/aromatic N) is 2. The molecule has 3 N–H and O–H groups in total. The molecular weight excluding hydrogens is 269 g/mol. The Kier molecular flexibility index (Phi) is 4.67. The molecule has 0 aliphatic heterocycles. The lowest BCUT2D eigenvalue weighted by Crippen LogP contribution is -2.22. The second kappa shape index (κ2) is 6.28. The fourth-order valence-electron chi connectivity index (χ4n) is 2.49. The minimum atomic E-state index is -4.51. The summed E-state index contributed by atoms with van der Waals surface area (Å²) in [6.07, 6.45) is 3.17. The normalized spacial score (nSPS) is 18.4. The number of hydrogen-bond donors (Lipinski definition) is 2. The molecule has 0 saturated heterocycles. The van der Waals surface area contributed by atoms with Gasteiger partial charge >= 0.3 is 6.18 Å². The van der Waals surface area contributed by atoms with Gasteiger partial charge in [0.05, 0.1) is 0 Å². The Bertz CT molecular complexity index is 440. The van der Waals surface area contributed by atoms with Crippen LogP contribution in [-0.4, -0.2) is 16.0 Å². The molecule has 2 rings (SSSR count). The molecule has 4 nitrogen and oxygen atoms in total. The van der Waals surface area contributed by atoms with Crippen molar-refractivity contribution < 1.29 is 13.2 Å². The molecule has 1 aliphatic rings. The van der Waals surface area contributed by atoms with Crippen LogP contribution >= 0.6 is 0 Å². The molecular formula is C13H19F3N4. The van der Waals surface area contributed by atoms with Crippen LogP contribution in [0.1, 0.15) is 50.6 Å². The van der Waals surface area contributed by atoms with Crippen molar-refractivity contribution in [1.29, 1.82) is 0 Å². The fourth-order valence-corrected chi connectivity index (χ4v) is 2.49. The van der Waals surface area contributed by atoms with Gasteiger partial charge in [-0.25, -0.2) is 4.98 Å². The van der Waals surface area contributed by atoms with E-state index in [2.05, 4.69) is 15.3 Å². The standard InChI is InChI=1S/C13H19F3N4/c14-13(15,16)10-8-11(20-12(17)19-10)18-9-6-4-2-1-3-5-7-9/h8-9H,1-7H2,(H3,17,18,19,20). The molecule has 0 bridgehead atoms. The molecule has 0 atom stereocenters. The molecule has 1 aromatic rings. The largest absolute Gasteiger partial charge is 0.433 e. The van der Waals surface area contributed by atoms with Gasteiger partial charge in [0, 0.05) is 12.1 Å². The van der Waals surface area contributed by atoms with E-state index in [9.17, 15) is 13.2 Å². The first kappa shape index (κ1) is 14.9. The lowest BCUT2D eigenvalue weighted by molar-refractivity contribution is -0.141. The predicted molar refractivity (Wildman–Crippen MR) is 71.2 cm³/mol. The van der Waals surface area contributed by atoms with Crippen molar-refractivity contribution in [3.63, 3.8) is 0 Å². The van der Waals surface area contributed by atoms with Gasteiger partial charge in [0.25, 0.3) is 0 Å². The molecule has 112 valence electrons. The molecule has 0 spiro atoms. The van der Waals surface area contributed by atoms with Gasteiger partial charge in [0.15, 0.2) is 5.69 Å². The number of nitrogens with two attached hydrogens (primary N) is 1. The van der Waals surface area contributed by atoms with Gasteiger partial charge in [0.1, 0.15) is 5.82 Å². The second-order valence-electron chi connectivity index (χ2n) is 5.18. The van der Waals surface area contributed by atoms with Crippen LogP contribution in [0, 0.1) is 0 Å². The quantitative estimate of drug-likeness (QED) is 0.872. The number of alkyl halides is 3. The highest BCUT2D eigenvalue weighted by Gasteiger charge is 2.33. The summed E-state index contributed by atoms with van der Waals surface area (Å²) in [5.74, 6) is -0.191. The molecule has 0 unspecified atom stereocenters. The van der Waals surface area contributed by atoms with Gasteiger partial charge in [-0.3, -0.25) is 0 Å². The van der Waals surface area contributed by atoms with Crippen molar-refractivity contribution >= 4 is 11.8 Å². The highest BCUT2D eigenvalue weighted by atomic mass is 19.4. The summed E-state index contributed by atoms with van der Waals surface area (Å²) in [5, 5.41) is 3.07. The Hall–Kier alpha value is -1.53. The van der Waals surface area contributed by atoms with E-state index in [4.69, 9.17) is 5.73 Å². The molecule has 1 saturated carbocycles. The van der Waals surface area contributed by atoms with E-state index < -0.39 is 11.9 Å². The Morgan fingerprint density at radius 3 is 2.25 bits per heavy atom.